The number of aryl methyl sites for hydroxylation is 1. The quantitative estimate of drug-likeness (QED) is 0.421. The van der Waals surface area contributed by atoms with E-state index in [4.69, 9.17) is 0 Å². The van der Waals surface area contributed by atoms with Crippen molar-refractivity contribution in [1.82, 2.24) is 24.6 Å². The molecule has 1 aliphatic heterocycles. The fourth-order valence-electron chi connectivity index (χ4n) is 4.52. The number of nitrogens with zero attached hydrogens (tertiary/aromatic N) is 5. The Bertz CT molecular complexity index is 1300. The molecule has 2 heterocycles. The Morgan fingerprint density at radius 2 is 1.49 bits per heavy atom. The standard InChI is InChI=1S/C29H30N6O2/c1-2-22-11-9-10-16-25(22)30-26(36)21-33-17-19-34(20-18-33)29(37)27-31-28(23-12-5-3-6-13-23)35(32-27)24-14-7-4-8-15-24/h3-16H,2,17-21H2,1H3,(H,30,36). The average Bonchev–Trinajstić information content (AvgIpc) is 3.40. The highest BCUT2D eigenvalue weighted by atomic mass is 16.2. The highest BCUT2D eigenvalue weighted by molar-refractivity contribution is 5.93. The molecule has 3 aromatic carbocycles. The SMILES string of the molecule is CCc1ccccc1NC(=O)CN1CCN(C(=O)c2nc(-c3ccccc3)n(-c3ccccc3)n2)CC1. The fourth-order valence-corrected chi connectivity index (χ4v) is 4.52. The molecule has 0 atom stereocenters. The van der Waals surface area contributed by atoms with Crippen molar-refractivity contribution in [2.75, 3.05) is 38.0 Å². The molecule has 4 aromatic rings. The molecular formula is C29H30N6O2. The predicted molar refractivity (Wildman–Crippen MR) is 144 cm³/mol. The van der Waals surface area contributed by atoms with Crippen molar-refractivity contribution < 1.29 is 9.59 Å². The van der Waals surface area contributed by atoms with Crippen molar-refractivity contribution in [3.05, 3.63) is 96.3 Å². The molecule has 1 aromatic heterocycles. The topological polar surface area (TPSA) is 83.4 Å². The van der Waals surface area contributed by atoms with Crippen molar-refractivity contribution in [3.8, 4) is 17.1 Å². The van der Waals surface area contributed by atoms with Crippen LogP contribution in [0.2, 0.25) is 0 Å². The summed E-state index contributed by atoms with van der Waals surface area (Å²) in [6.45, 7) is 4.61. The maximum absolute atomic E-state index is 13.4. The summed E-state index contributed by atoms with van der Waals surface area (Å²) in [5.41, 5.74) is 3.70. The number of piperazine rings is 1. The van der Waals surface area contributed by atoms with Gasteiger partial charge in [0, 0.05) is 37.4 Å². The maximum atomic E-state index is 13.4. The lowest BCUT2D eigenvalue weighted by atomic mass is 10.1. The lowest BCUT2D eigenvalue weighted by Gasteiger charge is -2.33. The Kier molecular flexibility index (Phi) is 7.37. The lowest BCUT2D eigenvalue weighted by molar-refractivity contribution is -0.117. The van der Waals surface area contributed by atoms with Gasteiger partial charge in [0.2, 0.25) is 11.7 Å². The van der Waals surface area contributed by atoms with E-state index in [0.29, 0.717) is 38.5 Å². The van der Waals surface area contributed by atoms with Crippen LogP contribution in [0.4, 0.5) is 5.69 Å². The summed E-state index contributed by atoms with van der Waals surface area (Å²) < 4.78 is 1.72. The number of hydrogen-bond donors (Lipinski definition) is 1. The first-order valence-electron chi connectivity index (χ1n) is 12.6. The predicted octanol–water partition coefficient (Wildman–Crippen LogP) is 3.89. The molecule has 0 unspecified atom stereocenters. The minimum absolute atomic E-state index is 0.0450. The molecule has 0 bridgehead atoms. The van der Waals surface area contributed by atoms with Crippen LogP contribution in [0.5, 0.6) is 0 Å². The number of para-hydroxylation sites is 2. The van der Waals surface area contributed by atoms with E-state index >= 15 is 0 Å². The summed E-state index contributed by atoms with van der Waals surface area (Å²) in [7, 11) is 0. The van der Waals surface area contributed by atoms with Gasteiger partial charge in [-0.1, -0.05) is 73.7 Å². The largest absolute Gasteiger partial charge is 0.333 e. The van der Waals surface area contributed by atoms with Gasteiger partial charge in [-0.05, 0) is 30.2 Å². The number of carbonyl (C=O) groups excluding carboxylic acids is 2. The van der Waals surface area contributed by atoms with E-state index in [1.807, 2.05) is 84.9 Å². The van der Waals surface area contributed by atoms with E-state index in [-0.39, 0.29) is 17.6 Å². The zero-order valence-corrected chi connectivity index (χ0v) is 20.9. The number of carbonyl (C=O) groups is 2. The highest BCUT2D eigenvalue weighted by Crippen LogP contribution is 2.22. The second-order valence-electron chi connectivity index (χ2n) is 9.00. The van der Waals surface area contributed by atoms with Crippen LogP contribution < -0.4 is 5.32 Å². The maximum Gasteiger partial charge on any atom is 0.293 e. The van der Waals surface area contributed by atoms with Crippen molar-refractivity contribution in [2.45, 2.75) is 13.3 Å². The molecular weight excluding hydrogens is 464 g/mol. The molecule has 0 saturated carbocycles. The number of rotatable bonds is 7. The van der Waals surface area contributed by atoms with Crippen LogP contribution in [-0.2, 0) is 11.2 Å². The van der Waals surface area contributed by atoms with Gasteiger partial charge in [0.1, 0.15) is 0 Å². The minimum Gasteiger partial charge on any atom is -0.333 e. The number of anilines is 1. The smallest absolute Gasteiger partial charge is 0.293 e. The fraction of sp³-hybridized carbons (Fsp3) is 0.241. The number of amides is 2. The zero-order chi connectivity index (χ0) is 25.6. The van der Waals surface area contributed by atoms with Crippen LogP contribution in [0.3, 0.4) is 0 Å². The first-order valence-corrected chi connectivity index (χ1v) is 12.6. The summed E-state index contributed by atoms with van der Waals surface area (Å²) in [5.74, 6) is 0.548. The third-order valence-corrected chi connectivity index (χ3v) is 6.53. The van der Waals surface area contributed by atoms with Crippen molar-refractivity contribution in [2.24, 2.45) is 0 Å². The molecule has 1 fully saturated rings. The molecule has 1 N–H and O–H groups in total. The summed E-state index contributed by atoms with van der Waals surface area (Å²) in [6, 6.07) is 27.3. The summed E-state index contributed by atoms with van der Waals surface area (Å²) in [5, 5.41) is 7.62. The number of nitrogens with one attached hydrogen (secondary N) is 1. The third kappa shape index (κ3) is 5.59. The van der Waals surface area contributed by atoms with Gasteiger partial charge in [-0.2, -0.15) is 0 Å². The Morgan fingerprint density at radius 1 is 0.838 bits per heavy atom. The van der Waals surface area contributed by atoms with Gasteiger partial charge in [-0.15, -0.1) is 5.10 Å². The number of aromatic nitrogens is 3. The molecule has 0 radical (unpaired) electrons. The number of hydrogen-bond acceptors (Lipinski definition) is 5. The Labute approximate surface area is 216 Å². The van der Waals surface area contributed by atoms with Crippen LogP contribution in [0.15, 0.2) is 84.9 Å². The second kappa shape index (κ2) is 11.2. The number of benzene rings is 3. The van der Waals surface area contributed by atoms with Gasteiger partial charge in [-0.25, -0.2) is 9.67 Å². The van der Waals surface area contributed by atoms with Crippen molar-refractivity contribution in [1.29, 1.82) is 0 Å². The molecule has 1 aliphatic rings. The van der Waals surface area contributed by atoms with Crippen LogP contribution in [-0.4, -0.2) is 69.1 Å². The lowest BCUT2D eigenvalue weighted by Crippen LogP contribution is -2.50. The van der Waals surface area contributed by atoms with E-state index in [0.717, 1.165) is 28.9 Å². The van der Waals surface area contributed by atoms with Crippen molar-refractivity contribution >= 4 is 17.5 Å². The molecule has 1 saturated heterocycles. The summed E-state index contributed by atoms with van der Waals surface area (Å²) in [6.07, 6.45) is 0.858. The molecule has 8 nitrogen and oxygen atoms in total. The monoisotopic (exact) mass is 494 g/mol. The average molecular weight is 495 g/mol. The van der Waals surface area contributed by atoms with Crippen LogP contribution in [0, 0.1) is 0 Å². The van der Waals surface area contributed by atoms with Crippen LogP contribution in [0.1, 0.15) is 23.1 Å². The van der Waals surface area contributed by atoms with Crippen LogP contribution >= 0.6 is 0 Å². The van der Waals surface area contributed by atoms with E-state index in [1.54, 1.807) is 9.58 Å². The zero-order valence-electron chi connectivity index (χ0n) is 20.9. The first kappa shape index (κ1) is 24.4. The Hall–Kier alpha value is -4.30. The van der Waals surface area contributed by atoms with Gasteiger partial charge in [0.05, 0.1) is 12.2 Å². The van der Waals surface area contributed by atoms with Gasteiger partial charge < -0.3 is 10.2 Å². The molecule has 37 heavy (non-hydrogen) atoms. The highest BCUT2D eigenvalue weighted by Gasteiger charge is 2.27. The summed E-state index contributed by atoms with van der Waals surface area (Å²) in [4.78, 5) is 34.5. The third-order valence-electron chi connectivity index (χ3n) is 6.53. The molecule has 8 heteroatoms. The molecule has 0 aliphatic carbocycles. The van der Waals surface area contributed by atoms with Gasteiger partial charge in [0.25, 0.3) is 5.91 Å². The molecule has 5 rings (SSSR count). The normalized spacial score (nSPS) is 13.9. The minimum atomic E-state index is -0.201. The molecule has 2 amide bonds. The van der Waals surface area contributed by atoms with Gasteiger partial charge in [-0.3, -0.25) is 14.5 Å². The first-order chi connectivity index (χ1) is 18.1. The van der Waals surface area contributed by atoms with Gasteiger partial charge in [0.15, 0.2) is 5.82 Å². The molecule has 188 valence electrons. The molecule has 0 spiro atoms. The van der Waals surface area contributed by atoms with E-state index in [1.165, 1.54) is 0 Å². The van der Waals surface area contributed by atoms with Gasteiger partial charge >= 0.3 is 0 Å². The Morgan fingerprint density at radius 3 is 2.19 bits per heavy atom. The van der Waals surface area contributed by atoms with Crippen molar-refractivity contribution in [3.63, 3.8) is 0 Å². The van der Waals surface area contributed by atoms with E-state index < -0.39 is 0 Å². The van der Waals surface area contributed by atoms with E-state index in [2.05, 4.69) is 27.2 Å². The summed E-state index contributed by atoms with van der Waals surface area (Å²) >= 11 is 0. The van der Waals surface area contributed by atoms with E-state index in [9.17, 15) is 9.59 Å². The second-order valence-corrected chi connectivity index (χ2v) is 9.00. The Balaban J connectivity index is 1.25. The van der Waals surface area contributed by atoms with Crippen LogP contribution in [0.25, 0.3) is 17.1 Å².